The normalized spacial score (nSPS) is 19.9. The molecule has 0 saturated carbocycles. The highest BCUT2D eigenvalue weighted by atomic mass is 16.5. The molecule has 0 radical (unpaired) electrons. The van der Waals surface area contributed by atoms with Crippen molar-refractivity contribution in [2.75, 3.05) is 12.4 Å². The zero-order valence-corrected chi connectivity index (χ0v) is 15.8. The third-order valence-corrected chi connectivity index (χ3v) is 5.26. The van der Waals surface area contributed by atoms with Crippen LogP contribution in [0, 0.1) is 0 Å². The van der Waals surface area contributed by atoms with Crippen LogP contribution >= 0.6 is 0 Å². The Kier molecular flexibility index (Phi) is 5.16. The smallest absolute Gasteiger partial charge is 0.180 e. The molecule has 2 unspecified atom stereocenters. The maximum absolute atomic E-state index is 5.62. The van der Waals surface area contributed by atoms with Gasteiger partial charge in [-0.25, -0.2) is 9.97 Å². The number of nitrogens with one attached hydrogen (secondary N) is 1. The Bertz CT molecular complexity index is 934. The summed E-state index contributed by atoms with van der Waals surface area (Å²) < 4.78 is 7.77. The highest BCUT2D eigenvalue weighted by Crippen LogP contribution is 2.34. The average Bonchev–Trinajstić information content (AvgIpc) is 3.17. The molecule has 6 heteroatoms. The van der Waals surface area contributed by atoms with Gasteiger partial charge >= 0.3 is 0 Å². The Morgan fingerprint density at radius 3 is 2.89 bits per heavy atom. The van der Waals surface area contributed by atoms with Crippen LogP contribution in [-0.2, 0) is 11.3 Å². The van der Waals surface area contributed by atoms with Gasteiger partial charge in [-0.3, -0.25) is 9.38 Å². The van der Waals surface area contributed by atoms with Crippen molar-refractivity contribution < 1.29 is 4.74 Å². The molecule has 1 aliphatic rings. The molecule has 2 atom stereocenters. The van der Waals surface area contributed by atoms with Crippen molar-refractivity contribution in [1.29, 1.82) is 0 Å². The monoisotopic (exact) mass is 363 g/mol. The van der Waals surface area contributed by atoms with E-state index >= 15 is 0 Å². The van der Waals surface area contributed by atoms with Crippen LogP contribution in [0.1, 0.15) is 43.5 Å². The van der Waals surface area contributed by atoms with Crippen molar-refractivity contribution in [2.24, 2.45) is 0 Å². The van der Waals surface area contributed by atoms with E-state index in [0.717, 1.165) is 36.4 Å². The zero-order valence-electron chi connectivity index (χ0n) is 15.8. The van der Waals surface area contributed by atoms with Gasteiger partial charge in [0.05, 0.1) is 18.3 Å². The van der Waals surface area contributed by atoms with E-state index in [9.17, 15) is 0 Å². The molecule has 0 bridgehead atoms. The van der Waals surface area contributed by atoms with Gasteiger partial charge in [-0.1, -0.05) is 19.1 Å². The Morgan fingerprint density at radius 2 is 2.11 bits per heavy atom. The number of anilines is 1. The second-order valence-electron chi connectivity index (χ2n) is 6.83. The Morgan fingerprint density at radius 1 is 1.19 bits per heavy atom. The molecule has 3 aromatic rings. The SMILES string of the molecule is CCC1=CC(c2cnc3c(NCc4ccccn4)nccn23)CCC1OC. The van der Waals surface area contributed by atoms with Gasteiger partial charge in [-0.05, 0) is 37.0 Å². The lowest BCUT2D eigenvalue weighted by molar-refractivity contribution is 0.113. The van der Waals surface area contributed by atoms with Gasteiger partial charge < -0.3 is 10.1 Å². The van der Waals surface area contributed by atoms with Gasteiger partial charge in [-0.2, -0.15) is 0 Å². The van der Waals surface area contributed by atoms with Crippen molar-refractivity contribution in [3.8, 4) is 0 Å². The van der Waals surface area contributed by atoms with E-state index in [1.54, 1.807) is 13.3 Å². The maximum Gasteiger partial charge on any atom is 0.180 e. The predicted molar refractivity (Wildman–Crippen MR) is 106 cm³/mol. The molecule has 1 N–H and O–H groups in total. The number of nitrogens with zero attached hydrogens (tertiary/aromatic N) is 4. The summed E-state index contributed by atoms with van der Waals surface area (Å²) in [5.74, 6) is 1.13. The van der Waals surface area contributed by atoms with Crippen molar-refractivity contribution >= 4 is 11.5 Å². The molecule has 0 aliphatic heterocycles. The fourth-order valence-electron chi connectivity index (χ4n) is 3.83. The first-order valence-corrected chi connectivity index (χ1v) is 9.49. The Hall–Kier alpha value is -2.73. The summed E-state index contributed by atoms with van der Waals surface area (Å²) in [6, 6.07) is 5.90. The minimum absolute atomic E-state index is 0.253. The lowest BCUT2D eigenvalue weighted by Gasteiger charge is -2.27. The van der Waals surface area contributed by atoms with Crippen molar-refractivity contribution in [3.05, 3.63) is 66.0 Å². The molecule has 1 aliphatic carbocycles. The number of methoxy groups -OCH3 is 1. The summed E-state index contributed by atoms with van der Waals surface area (Å²) in [7, 11) is 1.80. The van der Waals surface area contributed by atoms with E-state index < -0.39 is 0 Å². The largest absolute Gasteiger partial charge is 0.377 e. The molecule has 3 aromatic heterocycles. The lowest BCUT2D eigenvalue weighted by Crippen LogP contribution is -2.20. The van der Waals surface area contributed by atoms with E-state index in [-0.39, 0.29) is 6.10 Å². The van der Waals surface area contributed by atoms with Crippen LogP contribution in [0.3, 0.4) is 0 Å². The molecule has 0 amide bonds. The van der Waals surface area contributed by atoms with Gasteiger partial charge in [0, 0.05) is 43.5 Å². The topological polar surface area (TPSA) is 64.3 Å². The van der Waals surface area contributed by atoms with E-state index in [1.165, 1.54) is 11.3 Å². The van der Waals surface area contributed by atoms with Crippen LogP contribution in [0.4, 0.5) is 5.82 Å². The van der Waals surface area contributed by atoms with E-state index in [1.807, 2.05) is 36.8 Å². The molecular formula is C21H25N5O. The molecule has 0 aromatic carbocycles. The second-order valence-corrected chi connectivity index (χ2v) is 6.83. The number of ether oxygens (including phenoxy) is 1. The number of rotatable bonds is 6. The molecule has 0 spiro atoms. The number of imidazole rings is 1. The maximum atomic E-state index is 5.62. The van der Waals surface area contributed by atoms with Crippen LogP contribution in [-0.4, -0.2) is 32.6 Å². The van der Waals surface area contributed by atoms with Crippen LogP contribution in [0.15, 0.2) is 54.6 Å². The summed E-state index contributed by atoms with van der Waals surface area (Å²) in [5.41, 5.74) is 4.41. The van der Waals surface area contributed by atoms with Gasteiger partial charge in [0.2, 0.25) is 0 Å². The van der Waals surface area contributed by atoms with Gasteiger partial charge in [0.15, 0.2) is 11.5 Å². The quantitative estimate of drug-likeness (QED) is 0.672. The number of pyridine rings is 1. The molecule has 6 nitrogen and oxygen atoms in total. The highest BCUT2D eigenvalue weighted by Gasteiger charge is 2.25. The second kappa shape index (κ2) is 7.88. The van der Waals surface area contributed by atoms with Crippen molar-refractivity contribution in [1.82, 2.24) is 19.4 Å². The summed E-state index contributed by atoms with van der Waals surface area (Å²) in [6.07, 6.45) is 13.3. The minimum Gasteiger partial charge on any atom is -0.377 e. The number of allylic oxidation sites excluding steroid dienone is 1. The average molecular weight is 363 g/mol. The van der Waals surface area contributed by atoms with Gasteiger partial charge in [-0.15, -0.1) is 0 Å². The van der Waals surface area contributed by atoms with Crippen LogP contribution in [0.2, 0.25) is 0 Å². The summed E-state index contributed by atoms with van der Waals surface area (Å²) in [6.45, 7) is 2.81. The minimum atomic E-state index is 0.253. The Balaban J connectivity index is 1.61. The van der Waals surface area contributed by atoms with E-state index in [2.05, 4.69) is 37.7 Å². The highest BCUT2D eigenvalue weighted by molar-refractivity contribution is 5.63. The third kappa shape index (κ3) is 3.57. The van der Waals surface area contributed by atoms with Crippen LogP contribution < -0.4 is 5.32 Å². The predicted octanol–water partition coefficient (Wildman–Crippen LogP) is 3.97. The number of aromatic nitrogens is 4. The molecule has 140 valence electrons. The standard InChI is InChI=1S/C21H25N5O/c1-3-15-12-16(7-8-19(15)27-2)18-14-25-21-20(23-10-11-26(18)21)24-13-17-6-4-5-9-22-17/h4-6,9-12,14,16,19H,3,7-8,13H2,1-2H3,(H,23,24). The van der Waals surface area contributed by atoms with Crippen molar-refractivity contribution in [2.45, 2.75) is 44.8 Å². The number of fused-ring (bicyclic) bond motifs is 1. The molecule has 27 heavy (non-hydrogen) atoms. The fraction of sp³-hybridized carbons (Fsp3) is 0.381. The van der Waals surface area contributed by atoms with Crippen LogP contribution in [0.25, 0.3) is 5.65 Å². The van der Waals surface area contributed by atoms with Gasteiger partial charge in [0.25, 0.3) is 0 Å². The first-order chi connectivity index (χ1) is 13.3. The molecule has 0 saturated heterocycles. The summed E-state index contributed by atoms with van der Waals surface area (Å²) >= 11 is 0. The van der Waals surface area contributed by atoms with Crippen molar-refractivity contribution in [3.63, 3.8) is 0 Å². The Labute approximate surface area is 159 Å². The van der Waals surface area contributed by atoms with Gasteiger partial charge in [0.1, 0.15) is 0 Å². The fourth-order valence-corrected chi connectivity index (χ4v) is 3.83. The van der Waals surface area contributed by atoms with E-state index in [0.29, 0.717) is 12.5 Å². The lowest BCUT2D eigenvalue weighted by atomic mass is 9.85. The first-order valence-electron chi connectivity index (χ1n) is 9.49. The number of hydrogen-bond donors (Lipinski definition) is 1. The zero-order chi connectivity index (χ0) is 18.6. The van der Waals surface area contributed by atoms with Crippen LogP contribution in [0.5, 0.6) is 0 Å². The number of hydrogen-bond acceptors (Lipinski definition) is 5. The summed E-state index contributed by atoms with van der Waals surface area (Å²) in [5, 5.41) is 3.36. The van der Waals surface area contributed by atoms with E-state index in [4.69, 9.17) is 4.74 Å². The molecule has 0 fully saturated rings. The molecular weight excluding hydrogens is 338 g/mol. The molecule has 4 rings (SSSR count). The first kappa shape index (κ1) is 17.7. The summed E-state index contributed by atoms with van der Waals surface area (Å²) in [4.78, 5) is 13.5. The third-order valence-electron chi connectivity index (χ3n) is 5.26. The molecule has 3 heterocycles.